The SMILES string of the molecule is CCSCCN(Cc1cccc(CNCC(C)(C)C)n1)Cc1cccc(CNCC(C)(C)C)n1. The van der Waals surface area contributed by atoms with Crippen molar-refractivity contribution in [2.75, 3.05) is 31.1 Å². The molecule has 190 valence electrons. The smallest absolute Gasteiger partial charge is 0.0548 e. The van der Waals surface area contributed by atoms with Crippen LogP contribution in [0, 0.1) is 10.8 Å². The topological polar surface area (TPSA) is 53.1 Å². The van der Waals surface area contributed by atoms with E-state index < -0.39 is 0 Å². The zero-order chi connectivity index (χ0) is 25.0. The van der Waals surface area contributed by atoms with Crippen molar-refractivity contribution in [3.63, 3.8) is 0 Å². The molecule has 6 heteroatoms. The van der Waals surface area contributed by atoms with Crippen molar-refractivity contribution in [3.8, 4) is 0 Å². The highest BCUT2D eigenvalue weighted by atomic mass is 32.2. The first-order chi connectivity index (χ1) is 16.0. The Morgan fingerprint density at radius 1 is 0.735 bits per heavy atom. The second-order valence-corrected chi connectivity index (χ2v) is 12.9. The molecule has 34 heavy (non-hydrogen) atoms. The Labute approximate surface area is 212 Å². The Morgan fingerprint density at radius 3 is 1.59 bits per heavy atom. The van der Waals surface area contributed by atoms with Crippen LogP contribution in [0.25, 0.3) is 0 Å². The molecule has 0 aliphatic rings. The lowest BCUT2D eigenvalue weighted by atomic mass is 9.97. The van der Waals surface area contributed by atoms with Gasteiger partial charge < -0.3 is 10.6 Å². The molecule has 2 N–H and O–H groups in total. The Balaban J connectivity index is 2.01. The number of nitrogens with one attached hydrogen (secondary N) is 2. The maximum atomic E-state index is 4.94. The lowest BCUT2D eigenvalue weighted by Gasteiger charge is -2.22. The average molecular weight is 486 g/mol. The van der Waals surface area contributed by atoms with Gasteiger partial charge >= 0.3 is 0 Å². The van der Waals surface area contributed by atoms with E-state index in [0.29, 0.717) is 0 Å². The van der Waals surface area contributed by atoms with Crippen molar-refractivity contribution in [2.24, 2.45) is 10.8 Å². The first-order valence-electron chi connectivity index (χ1n) is 12.7. The van der Waals surface area contributed by atoms with Crippen molar-refractivity contribution < 1.29 is 0 Å². The number of pyridine rings is 2. The van der Waals surface area contributed by atoms with Gasteiger partial charge in [-0.25, -0.2) is 0 Å². The standard InChI is InChI=1S/C28H47N5S/c1-8-34-16-15-33(19-25-13-9-11-23(31-25)17-29-21-27(2,3)4)20-26-14-10-12-24(32-26)18-30-22-28(5,6)7/h9-14,29-30H,8,15-22H2,1-7H3. The van der Waals surface area contributed by atoms with Gasteiger partial charge in [0.2, 0.25) is 0 Å². The van der Waals surface area contributed by atoms with E-state index in [2.05, 4.69) is 100 Å². The van der Waals surface area contributed by atoms with E-state index in [1.54, 1.807) is 0 Å². The maximum absolute atomic E-state index is 4.94. The van der Waals surface area contributed by atoms with Crippen LogP contribution >= 0.6 is 11.8 Å². The molecule has 0 saturated carbocycles. The first-order valence-corrected chi connectivity index (χ1v) is 13.8. The molecule has 2 aromatic heterocycles. The van der Waals surface area contributed by atoms with E-state index >= 15 is 0 Å². The summed E-state index contributed by atoms with van der Waals surface area (Å²) in [7, 11) is 0. The Bertz CT molecular complexity index is 776. The predicted molar refractivity (Wildman–Crippen MR) is 148 cm³/mol. The molecule has 0 amide bonds. The van der Waals surface area contributed by atoms with Crippen LogP contribution in [0.1, 0.15) is 71.2 Å². The highest BCUT2D eigenvalue weighted by molar-refractivity contribution is 7.99. The van der Waals surface area contributed by atoms with Crippen LogP contribution in [0.5, 0.6) is 0 Å². The van der Waals surface area contributed by atoms with Gasteiger partial charge in [-0.05, 0) is 40.8 Å². The minimum Gasteiger partial charge on any atom is -0.311 e. The van der Waals surface area contributed by atoms with E-state index in [4.69, 9.17) is 9.97 Å². The minimum atomic E-state index is 0.273. The van der Waals surface area contributed by atoms with Gasteiger partial charge in [0.05, 0.1) is 22.8 Å². The van der Waals surface area contributed by atoms with Gasteiger partial charge in [0.15, 0.2) is 0 Å². The normalized spacial score (nSPS) is 12.5. The summed E-state index contributed by atoms with van der Waals surface area (Å²) < 4.78 is 0. The first kappa shape index (κ1) is 28.8. The molecule has 5 nitrogen and oxygen atoms in total. The zero-order valence-corrected chi connectivity index (χ0v) is 23.4. The average Bonchev–Trinajstić information content (AvgIpc) is 2.73. The summed E-state index contributed by atoms with van der Waals surface area (Å²) in [6.07, 6.45) is 0. The van der Waals surface area contributed by atoms with Crippen molar-refractivity contribution in [2.45, 2.75) is 74.6 Å². The third kappa shape index (κ3) is 12.8. The second kappa shape index (κ2) is 14.2. The molecule has 0 atom stereocenters. The largest absolute Gasteiger partial charge is 0.311 e. The lowest BCUT2D eigenvalue weighted by Crippen LogP contribution is -2.28. The van der Waals surface area contributed by atoms with Crippen molar-refractivity contribution in [1.29, 1.82) is 0 Å². The van der Waals surface area contributed by atoms with E-state index in [9.17, 15) is 0 Å². The summed E-state index contributed by atoms with van der Waals surface area (Å²) in [5, 5.41) is 7.08. The molecule has 0 aromatic carbocycles. The monoisotopic (exact) mass is 485 g/mol. The maximum Gasteiger partial charge on any atom is 0.0548 e. The number of rotatable bonds is 14. The Kier molecular flexibility index (Phi) is 12.0. The van der Waals surface area contributed by atoms with Crippen molar-refractivity contribution in [3.05, 3.63) is 59.2 Å². The van der Waals surface area contributed by atoms with Crippen LogP contribution in [0.3, 0.4) is 0 Å². The highest BCUT2D eigenvalue weighted by Crippen LogP contribution is 2.14. The molecule has 0 unspecified atom stereocenters. The van der Waals surface area contributed by atoms with E-state index in [-0.39, 0.29) is 10.8 Å². The molecule has 0 spiro atoms. The summed E-state index contributed by atoms with van der Waals surface area (Å²) >= 11 is 1.99. The molecule has 0 aliphatic carbocycles. The van der Waals surface area contributed by atoms with Gasteiger partial charge in [-0.1, -0.05) is 60.6 Å². The summed E-state index contributed by atoms with van der Waals surface area (Å²) in [5.74, 6) is 2.27. The fraction of sp³-hybridized carbons (Fsp3) is 0.643. The number of aromatic nitrogens is 2. The summed E-state index contributed by atoms with van der Waals surface area (Å²) in [6.45, 7) is 22.0. The molecule has 0 aliphatic heterocycles. The fourth-order valence-electron chi connectivity index (χ4n) is 3.57. The molecule has 0 fully saturated rings. The van der Waals surface area contributed by atoms with Crippen molar-refractivity contribution in [1.82, 2.24) is 25.5 Å². The molecule has 0 bridgehead atoms. The van der Waals surface area contributed by atoms with Crippen LogP contribution in [0.15, 0.2) is 36.4 Å². The van der Waals surface area contributed by atoms with Crippen LogP contribution in [-0.2, 0) is 26.2 Å². The van der Waals surface area contributed by atoms with Crippen LogP contribution in [0.2, 0.25) is 0 Å². The van der Waals surface area contributed by atoms with Gasteiger partial charge in [-0.2, -0.15) is 11.8 Å². The van der Waals surface area contributed by atoms with Crippen LogP contribution in [0.4, 0.5) is 0 Å². The summed E-state index contributed by atoms with van der Waals surface area (Å²) in [5.41, 5.74) is 5.01. The second-order valence-electron chi connectivity index (χ2n) is 11.5. The molecule has 2 aromatic rings. The third-order valence-corrected chi connectivity index (χ3v) is 6.06. The van der Waals surface area contributed by atoms with Gasteiger partial charge in [0.25, 0.3) is 0 Å². The van der Waals surface area contributed by atoms with E-state index in [0.717, 1.165) is 80.1 Å². The fourth-order valence-corrected chi connectivity index (χ4v) is 4.25. The van der Waals surface area contributed by atoms with Crippen LogP contribution < -0.4 is 10.6 Å². The van der Waals surface area contributed by atoms with Crippen LogP contribution in [-0.4, -0.2) is 46.0 Å². The van der Waals surface area contributed by atoms with E-state index in [1.165, 1.54) is 0 Å². The molecule has 2 heterocycles. The van der Waals surface area contributed by atoms with E-state index in [1.807, 2.05) is 11.8 Å². The molecule has 0 radical (unpaired) electrons. The molecular weight excluding hydrogens is 438 g/mol. The van der Waals surface area contributed by atoms with Gasteiger partial charge in [-0.3, -0.25) is 14.9 Å². The number of nitrogens with zero attached hydrogens (tertiary/aromatic N) is 3. The molecule has 0 saturated heterocycles. The Morgan fingerprint density at radius 2 is 1.18 bits per heavy atom. The number of thioether (sulfide) groups is 1. The predicted octanol–water partition coefficient (Wildman–Crippen LogP) is 5.50. The third-order valence-electron chi connectivity index (χ3n) is 5.18. The zero-order valence-electron chi connectivity index (χ0n) is 22.6. The number of hydrogen-bond acceptors (Lipinski definition) is 6. The Hall–Kier alpha value is -1.47. The molecular formula is C28H47N5S. The van der Waals surface area contributed by atoms with Gasteiger partial charge in [0.1, 0.15) is 0 Å². The van der Waals surface area contributed by atoms with Crippen molar-refractivity contribution >= 4 is 11.8 Å². The van der Waals surface area contributed by atoms with Gasteiger partial charge in [-0.15, -0.1) is 0 Å². The number of hydrogen-bond donors (Lipinski definition) is 2. The highest BCUT2D eigenvalue weighted by Gasteiger charge is 2.13. The summed E-state index contributed by atoms with van der Waals surface area (Å²) in [6, 6.07) is 12.8. The molecule has 2 rings (SSSR count). The summed E-state index contributed by atoms with van der Waals surface area (Å²) in [4.78, 5) is 12.4. The van der Waals surface area contributed by atoms with Gasteiger partial charge in [0, 0.05) is 51.6 Å². The quantitative estimate of drug-likeness (QED) is 0.345. The lowest BCUT2D eigenvalue weighted by molar-refractivity contribution is 0.266. The minimum absolute atomic E-state index is 0.273.